The minimum absolute atomic E-state index is 0.287. The second-order valence-corrected chi connectivity index (χ2v) is 2.25. The van der Waals surface area contributed by atoms with E-state index in [1.165, 1.54) is 0 Å². The molecule has 0 saturated carbocycles. The van der Waals surface area contributed by atoms with E-state index in [-0.39, 0.29) is 5.92 Å². The summed E-state index contributed by atoms with van der Waals surface area (Å²) in [7, 11) is 0. The van der Waals surface area contributed by atoms with Crippen molar-refractivity contribution in [3.8, 4) is 0 Å². The van der Waals surface area contributed by atoms with Gasteiger partial charge < -0.3 is 5.11 Å². The fourth-order valence-corrected chi connectivity index (χ4v) is 0.770. The summed E-state index contributed by atoms with van der Waals surface area (Å²) < 4.78 is 0. The van der Waals surface area contributed by atoms with Crippen LogP contribution in [-0.4, -0.2) is 5.11 Å². The van der Waals surface area contributed by atoms with E-state index >= 15 is 0 Å². The molecule has 0 saturated heterocycles. The van der Waals surface area contributed by atoms with E-state index in [4.69, 9.17) is 5.11 Å². The van der Waals surface area contributed by atoms with Crippen LogP contribution < -0.4 is 0 Å². The summed E-state index contributed by atoms with van der Waals surface area (Å²) in [6.07, 6.45) is 5.50. The quantitative estimate of drug-likeness (QED) is 0.522. The molecule has 0 spiro atoms. The summed E-state index contributed by atoms with van der Waals surface area (Å²) >= 11 is 0. The molecule has 1 unspecified atom stereocenters. The van der Waals surface area contributed by atoms with Crippen LogP contribution >= 0.6 is 0 Å². The highest BCUT2D eigenvalue weighted by molar-refractivity contribution is 5.34. The first kappa shape index (κ1) is 6.14. The maximum absolute atomic E-state index is 9.06. The molecule has 1 nitrogen and oxygen atoms in total. The van der Waals surface area contributed by atoms with Crippen molar-refractivity contribution < 1.29 is 5.11 Å². The molecule has 9 heavy (non-hydrogen) atoms. The van der Waals surface area contributed by atoms with Crippen LogP contribution in [0.2, 0.25) is 0 Å². The highest BCUT2D eigenvalue weighted by Gasteiger charge is 2.08. The predicted octanol–water partition coefficient (Wildman–Crippen LogP) is 2.19. The van der Waals surface area contributed by atoms with Crippen molar-refractivity contribution in [2.75, 3.05) is 0 Å². The Labute approximate surface area is 55.0 Å². The molecule has 1 atom stereocenters. The van der Waals surface area contributed by atoms with Gasteiger partial charge in [-0.1, -0.05) is 25.7 Å². The zero-order valence-electron chi connectivity index (χ0n) is 5.46. The summed E-state index contributed by atoms with van der Waals surface area (Å²) in [6, 6.07) is 0. The van der Waals surface area contributed by atoms with E-state index < -0.39 is 0 Å². The fourth-order valence-electron chi connectivity index (χ4n) is 0.770. The van der Waals surface area contributed by atoms with E-state index in [2.05, 4.69) is 6.58 Å². The van der Waals surface area contributed by atoms with Crippen LogP contribution in [0.5, 0.6) is 0 Å². The second kappa shape index (κ2) is 2.09. The molecule has 1 heteroatoms. The standard InChI is InChI=1S/C8H10O/c1-6-4-3-5-8(9)7(6)2/h3-6,9H,2H2,1H3. The molecular formula is C8H10O. The molecule has 0 aromatic rings. The molecule has 0 aliphatic heterocycles. The van der Waals surface area contributed by atoms with Gasteiger partial charge in [-0.25, -0.2) is 0 Å². The summed E-state index contributed by atoms with van der Waals surface area (Å²) in [5.74, 6) is 0.597. The smallest absolute Gasteiger partial charge is 0.118 e. The maximum Gasteiger partial charge on any atom is 0.118 e. The summed E-state index contributed by atoms with van der Waals surface area (Å²) in [4.78, 5) is 0. The van der Waals surface area contributed by atoms with Crippen molar-refractivity contribution in [3.63, 3.8) is 0 Å². The molecule has 0 radical (unpaired) electrons. The van der Waals surface area contributed by atoms with Crippen LogP contribution in [0.15, 0.2) is 36.1 Å². The number of allylic oxidation sites excluding steroid dienone is 4. The van der Waals surface area contributed by atoms with Gasteiger partial charge in [0.1, 0.15) is 5.76 Å². The predicted molar refractivity (Wildman–Crippen MR) is 38.2 cm³/mol. The molecule has 1 N–H and O–H groups in total. The number of hydrogen-bond acceptors (Lipinski definition) is 1. The van der Waals surface area contributed by atoms with Gasteiger partial charge in [-0.2, -0.15) is 0 Å². The van der Waals surface area contributed by atoms with Crippen molar-refractivity contribution in [3.05, 3.63) is 36.1 Å². The minimum atomic E-state index is 0.287. The van der Waals surface area contributed by atoms with Crippen LogP contribution in [0.25, 0.3) is 0 Å². The Bertz CT molecular complexity index is 187. The topological polar surface area (TPSA) is 20.2 Å². The highest BCUT2D eigenvalue weighted by Crippen LogP contribution is 2.20. The largest absolute Gasteiger partial charge is 0.508 e. The molecule has 48 valence electrons. The van der Waals surface area contributed by atoms with E-state index in [9.17, 15) is 0 Å². The van der Waals surface area contributed by atoms with Crippen molar-refractivity contribution in [2.24, 2.45) is 5.92 Å². The molecular weight excluding hydrogens is 112 g/mol. The van der Waals surface area contributed by atoms with Gasteiger partial charge in [0.05, 0.1) is 0 Å². The van der Waals surface area contributed by atoms with Gasteiger partial charge in [0.15, 0.2) is 0 Å². The van der Waals surface area contributed by atoms with Gasteiger partial charge in [-0.3, -0.25) is 0 Å². The lowest BCUT2D eigenvalue weighted by Gasteiger charge is -2.12. The normalized spacial score (nSPS) is 26.1. The number of aliphatic hydroxyl groups is 1. The Hall–Kier alpha value is -0.980. The fraction of sp³-hybridized carbons (Fsp3) is 0.250. The molecule has 0 fully saturated rings. The summed E-state index contributed by atoms with van der Waals surface area (Å²) in [6.45, 7) is 5.71. The molecule has 1 aliphatic rings. The molecule has 1 rings (SSSR count). The van der Waals surface area contributed by atoms with Crippen molar-refractivity contribution in [1.82, 2.24) is 0 Å². The van der Waals surface area contributed by atoms with E-state index in [1.54, 1.807) is 6.08 Å². The zero-order valence-corrected chi connectivity index (χ0v) is 5.46. The van der Waals surface area contributed by atoms with Gasteiger partial charge in [0, 0.05) is 5.92 Å². The first-order chi connectivity index (χ1) is 4.22. The third-order valence-corrected chi connectivity index (χ3v) is 1.53. The first-order valence-corrected chi connectivity index (χ1v) is 2.98. The van der Waals surface area contributed by atoms with Crippen LogP contribution in [0, 0.1) is 5.92 Å². The molecule has 0 bridgehead atoms. The Morgan fingerprint density at radius 3 is 2.78 bits per heavy atom. The van der Waals surface area contributed by atoms with E-state index in [0.717, 1.165) is 5.57 Å². The SMILES string of the molecule is C=C1C(O)=CC=CC1C. The molecule has 0 amide bonds. The van der Waals surface area contributed by atoms with Crippen molar-refractivity contribution in [2.45, 2.75) is 6.92 Å². The van der Waals surface area contributed by atoms with Crippen LogP contribution in [0.1, 0.15) is 6.92 Å². The van der Waals surface area contributed by atoms with Gasteiger partial charge in [-0.05, 0) is 11.6 Å². The van der Waals surface area contributed by atoms with Gasteiger partial charge in [-0.15, -0.1) is 0 Å². The Morgan fingerprint density at radius 1 is 1.67 bits per heavy atom. The molecule has 0 aromatic carbocycles. The maximum atomic E-state index is 9.06. The van der Waals surface area contributed by atoms with E-state index in [0.29, 0.717) is 5.76 Å². The number of rotatable bonds is 0. The average molecular weight is 122 g/mol. The average Bonchev–Trinajstić information content (AvgIpc) is 1.83. The lowest BCUT2D eigenvalue weighted by atomic mass is 9.97. The van der Waals surface area contributed by atoms with Crippen LogP contribution in [0.3, 0.4) is 0 Å². The Morgan fingerprint density at radius 2 is 2.33 bits per heavy atom. The number of hydrogen-bond donors (Lipinski definition) is 1. The third-order valence-electron chi connectivity index (χ3n) is 1.53. The lowest BCUT2D eigenvalue weighted by molar-refractivity contribution is 0.413. The van der Waals surface area contributed by atoms with E-state index in [1.807, 2.05) is 19.1 Å². The van der Waals surface area contributed by atoms with Crippen molar-refractivity contribution in [1.29, 1.82) is 0 Å². The zero-order chi connectivity index (χ0) is 6.85. The van der Waals surface area contributed by atoms with Crippen LogP contribution in [0.4, 0.5) is 0 Å². The Kier molecular flexibility index (Phi) is 1.43. The summed E-state index contributed by atoms with van der Waals surface area (Å²) in [5, 5.41) is 9.06. The third kappa shape index (κ3) is 1.04. The van der Waals surface area contributed by atoms with Gasteiger partial charge in [0.25, 0.3) is 0 Å². The minimum Gasteiger partial charge on any atom is -0.508 e. The monoisotopic (exact) mass is 122 g/mol. The molecule has 0 heterocycles. The highest BCUT2D eigenvalue weighted by atomic mass is 16.3. The molecule has 0 aromatic heterocycles. The first-order valence-electron chi connectivity index (χ1n) is 2.98. The van der Waals surface area contributed by atoms with Crippen LogP contribution in [-0.2, 0) is 0 Å². The second-order valence-electron chi connectivity index (χ2n) is 2.25. The molecule has 1 aliphatic carbocycles. The van der Waals surface area contributed by atoms with Crippen molar-refractivity contribution >= 4 is 0 Å². The van der Waals surface area contributed by atoms with Gasteiger partial charge in [0.2, 0.25) is 0 Å². The summed E-state index contributed by atoms with van der Waals surface area (Å²) in [5.41, 5.74) is 0.803. The van der Waals surface area contributed by atoms with Gasteiger partial charge >= 0.3 is 0 Å². The number of aliphatic hydroxyl groups excluding tert-OH is 1. The Balaban J connectivity index is 2.86. The lowest BCUT2D eigenvalue weighted by Crippen LogP contribution is -2.00.